The molecule has 0 spiro atoms. The minimum absolute atomic E-state index is 0.329. The lowest BCUT2D eigenvalue weighted by atomic mass is 10.2. The number of halogens is 1. The summed E-state index contributed by atoms with van der Waals surface area (Å²) in [5, 5.41) is 2.70. The summed E-state index contributed by atoms with van der Waals surface area (Å²) in [4.78, 5) is 23.8. The molecule has 0 atom stereocenters. The minimum Gasteiger partial charge on any atom is -0.493 e. The van der Waals surface area contributed by atoms with Crippen molar-refractivity contribution in [1.82, 2.24) is 0 Å². The van der Waals surface area contributed by atoms with Crippen molar-refractivity contribution in [2.24, 2.45) is 0 Å². The Bertz CT molecular complexity index is 879. The number of esters is 1. The Hall–Kier alpha value is -2.80. The molecule has 2 aromatic rings. The topological polar surface area (TPSA) is 73.9 Å². The van der Waals surface area contributed by atoms with Gasteiger partial charge in [0.1, 0.15) is 0 Å². The molecule has 0 fully saturated rings. The van der Waals surface area contributed by atoms with Crippen LogP contribution in [0.5, 0.6) is 11.5 Å². The zero-order valence-electron chi connectivity index (χ0n) is 16.0. The van der Waals surface area contributed by atoms with Crippen molar-refractivity contribution < 1.29 is 23.8 Å². The van der Waals surface area contributed by atoms with Crippen LogP contribution in [-0.2, 0) is 14.3 Å². The van der Waals surface area contributed by atoms with Crippen molar-refractivity contribution in [3.8, 4) is 11.5 Å². The second-order valence-corrected chi connectivity index (χ2v) is 6.78. The number of hydrogen-bond donors (Lipinski definition) is 1. The molecule has 1 N–H and O–H groups in total. The van der Waals surface area contributed by atoms with Crippen LogP contribution in [0.2, 0.25) is 0 Å². The normalized spacial score (nSPS) is 10.6. The third-order valence-electron chi connectivity index (χ3n) is 3.72. The van der Waals surface area contributed by atoms with Gasteiger partial charge in [-0.3, -0.25) is 4.79 Å². The van der Waals surface area contributed by atoms with Gasteiger partial charge in [0.05, 0.1) is 7.11 Å². The highest BCUT2D eigenvalue weighted by Gasteiger charge is 2.12. The summed E-state index contributed by atoms with van der Waals surface area (Å²) in [6.07, 6.45) is 3.83. The van der Waals surface area contributed by atoms with Gasteiger partial charge in [-0.25, -0.2) is 4.79 Å². The summed E-state index contributed by atoms with van der Waals surface area (Å²) < 4.78 is 16.6. The minimum atomic E-state index is -0.651. The van der Waals surface area contributed by atoms with Crippen LogP contribution in [0.15, 0.2) is 46.9 Å². The van der Waals surface area contributed by atoms with Crippen LogP contribution in [0, 0.1) is 6.92 Å². The maximum atomic E-state index is 12.0. The molecule has 0 bridgehead atoms. The fraction of sp³-hybridized carbons (Fsp3) is 0.238. The Kier molecular flexibility index (Phi) is 8.07. The number of allylic oxidation sites excluding steroid dienone is 1. The van der Waals surface area contributed by atoms with Crippen molar-refractivity contribution in [1.29, 1.82) is 0 Å². The second kappa shape index (κ2) is 10.5. The maximum absolute atomic E-state index is 12.0. The first-order chi connectivity index (χ1) is 13.4. The second-order valence-electron chi connectivity index (χ2n) is 5.87. The first kappa shape index (κ1) is 21.5. The van der Waals surface area contributed by atoms with Crippen LogP contribution in [0.3, 0.4) is 0 Å². The number of carbonyl (C=O) groups excluding carboxylic acids is 2. The molecule has 2 aromatic carbocycles. The number of aryl methyl sites for hydroxylation is 1. The van der Waals surface area contributed by atoms with E-state index in [2.05, 4.69) is 21.2 Å². The number of benzene rings is 2. The molecule has 1 amide bonds. The lowest BCUT2D eigenvalue weighted by molar-refractivity contribution is -0.149. The number of ether oxygens (including phenoxy) is 3. The van der Waals surface area contributed by atoms with Crippen molar-refractivity contribution in [2.75, 3.05) is 25.6 Å². The molecule has 0 heterocycles. The number of anilines is 1. The molecular formula is C21H22BrNO5. The fourth-order valence-corrected chi connectivity index (χ4v) is 2.85. The largest absolute Gasteiger partial charge is 0.493 e. The van der Waals surface area contributed by atoms with Gasteiger partial charge in [-0.15, -0.1) is 0 Å². The molecule has 0 aliphatic rings. The molecule has 0 radical (unpaired) electrons. The molecule has 6 nitrogen and oxygen atoms in total. The van der Waals surface area contributed by atoms with E-state index in [1.54, 1.807) is 18.2 Å². The zero-order chi connectivity index (χ0) is 20.5. The van der Waals surface area contributed by atoms with E-state index in [0.29, 0.717) is 17.2 Å². The average Bonchev–Trinajstić information content (AvgIpc) is 2.67. The molecular weight excluding hydrogens is 426 g/mol. The summed E-state index contributed by atoms with van der Waals surface area (Å²) in [5.41, 5.74) is 2.51. The predicted octanol–water partition coefficient (Wildman–Crippen LogP) is 4.36. The highest BCUT2D eigenvalue weighted by atomic mass is 79.9. The molecule has 0 aromatic heterocycles. The fourth-order valence-electron chi connectivity index (χ4n) is 2.38. The predicted molar refractivity (Wildman–Crippen MR) is 112 cm³/mol. The lowest BCUT2D eigenvalue weighted by Gasteiger charge is -2.12. The molecule has 0 unspecified atom stereocenters. The highest BCUT2D eigenvalue weighted by Crippen LogP contribution is 2.28. The van der Waals surface area contributed by atoms with E-state index in [4.69, 9.17) is 14.2 Å². The van der Waals surface area contributed by atoms with Gasteiger partial charge in [0.2, 0.25) is 0 Å². The van der Waals surface area contributed by atoms with Crippen molar-refractivity contribution in [3.05, 3.63) is 58.1 Å². The summed E-state index contributed by atoms with van der Waals surface area (Å²) in [5.74, 6) is -0.149. The maximum Gasteiger partial charge on any atom is 0.344 e. The number of hydrogen-bond acceptors (Lipinski definition) is 5. The molecule has 0 saturated carbocycles. The van der Waals surface area contributed by atoms with E-state index in [0.717, 1.165) is 15.6 Å². The smallest absolute Gasteiger partial charge is 0.344 e. The quantitative estimate of drug-likeness (QED) is 0.608. The van der Waals surface area contributed by atoms with E-state index in [-0.39, 0.29) is 6.61 Å². The molecule has 148 valence electrons. The Labute approximate surface area is 172 Å². The van der Waals surface area contributed by atoms with E-state index >= 15 is 0 Å². The van der Waals surface area contributed by atoms with Crippen LogP contribution in [-0.4, -0.2) is 32.2 Å². The van der Waals surface area contributed by atoms with Crippen LogP contribution in [0.1, 0.15) is 18.1 Å². The summed E-state index contributed by atoms with van der Waals surface area (Å²) >= 11 is 3.36. The molecule has 2 rings (SSSR count). The first-order valence-electron chi connectivity index (χ1n) is 8.58. The van der Waals surface area contributed by atoms with Gasteiger partial charge in [-0.2, -0.15) is 0 Å². The van der Waals surface area contributed by atoms with Crippen LogP contribution in [0.25, 0.3) is 6.08 Å². The van der Waals surface area contributed by atoms with Gasteiger partial charge in [0.15, 0.2) is 24.7 Å². The van der Waals surface area contributed by atoms with Gasteiger partial charge in [-0.1, -0.05) is 34.1 Å². The third-order valence-corrected chi connectivity index (χ3v) is 4.21. The summed E-state index contributed by atoms with van der Waals surface area (Å²) in [6, 6.07) is 10.8. The van der Waals surface area contributed by atoms with Crippen molar-refractivity contribution >= 4 is 39.6 Å². The van der Waals surface area contributed by atoms with Gasteiger partial charge < -0.3 is 19.5 Å². The van der Waals surface area contributed by atoms with E-state index in [1.807, 2.05) is 44.2 Å². The molecule has 0 aliphatic heterocycles. The van der Waals surface area contributed by atoms with Crippen molar-refractivity contribution in [3.63, 3.8) is 0 Å². The van der Waals surface area contributed by atoms with Crippen LogP contribution in [0.4, 0.5) is 5.69 Å². The van der Waals surface area contributed by atoms with E-state index < -0.39 is 18.5 Å². The van der Waals surface area contributed by atoms with Gasteiger partial charge in [-0.05, 0) is 55.3 Å². The van der Waals surface area contributed by atoms with Gasteiger partial charge in [0.25, 0.3) is 5.91 Å². The summed E-state index contributed by atoms with van der Waals surface area (Å²) in [7, 11) is 1.52. The monoisotopic (exact) mass is 447 g/mol. The van der Waals surface area contributed by atoms with E-state index in [9.17, 15) is 9.59 Å². The van der Waals surface area contributed by atoms with Crippen molar-refractivity contribution in [2.45, 2.75) is 13.8 Å². The number of carbonyl (C=O) groups is 2. The average molecular weight is 448 g/mol. The molecule has 0 saturated heterocycles. The van der Waals surface area contributed by atoms with Crippen LogP contribution >= 0.6 is 15.9 Å². The van der Waals surface area contributed by atoms with Crippen LogP contribution < -0.4 is 14.8 Å². The number of nitrogens with one attached hydrogen (secondary N) is 1. The van der Waals surface area contributed by atoms with E-state index in [1.165, 1.54) is 7.11 Å². The highest BCUT2D eigenvalue weighted by molar-refractivity contribution is 9.10. The molecule has 7 heteroatoms. The standard InChI is InChI=1S/C21H22BrNO5/c1-4-5-15-6-9-18(19(11-15)26-3)27-13-21(25)28-12-20(24)23-17-8-7-16(22)10-14(17)2/h4-11H,12-13H2,1-3H3,(H,23,24)/b5-4+. The molecule has 0 aliphatic carbocycles. The number of amides is 1. The SMILES string of the molecule is C/C=C/c1ccc(OCC(=O)OCC(=O)Nc2ccc(Br)cc2C)c(OC)c1. The Morgan fingerprint density at radius 2 is 1.89 bits per heavy atom. The first-order valence-corrected chi connectivity index (χ1v) is 9.37. The Morgan fingerprint density at radius 1 is 1.11 bits per heavy atom. The molecule has 28 heavy (non-hydrogen) atoms. The Morgan fingerprint density at radius 3 is 2.57 bits per heavy atom. The zero-order valence-corrected chi connectivity index (χ0v) is 17.5. The lowest BCUT2D eigenvalue weighted by Crippen LogP contribution is -2.24. The summed E-state index contributed by atoms with van der Waals surface area (Å²) in [6.45, 7) is 3.06. The van der Waals surface area contributed by atoms with Gasteiger partial charge in [0, 0.05) is 10.2 Å². The number of rotatable bonds is 8. The van der Waals surface area contributed by atoms with Gasteiger partial charge >= 0.3 is 5.97 Å². The number of methoxy groups -OCH3 is 1. The Balaban J connectivity index is 1.83. The third kappa shape index (κ3) is 6.42.